The zero-order valence-corrected chi connectivity index (χ0v) is 16.4. The molecule has 0 bridgehead atoms. The van der Waals surface area contributed by atoms with Gasteiger partial charge in [-0.2, -0.15) is 0 Å². The fourth-order valence-corrected chi connectivity index (χ4v) is 2.86. The first-order valence-electron chi connectivity index (χ1n) is 9.25. The summed E-state index contributed by atoms with van der Waals surface area (Å²) in [5, 5.41) is 3.04. The van der Waals surface area contributed by atoms with Crippen LogP contribution in [0, 0.1) is 19.7 Å². The molecule has 0 spiro atoms. The summed E-state index contributed by atoms with van der Waals surface area (Å²) in [4.78, 5) is 31.3. The molecule has 0 radical (unpaired) electrons. The molecule has 0 atom stereocenters. The Labute approximate surface area is 159 Å². The summed E-state index contributed by atoms with van der Waals surface area (Å²) in [5.41, 5.74) is 1.33. The average molecular weight is 374 g/mol. The lowest BCUT2D eigenvalue weighted by molar-refractivity contribution is -0.132. The first kappa shape index (κ1) is 20.6. The maximum Gasteiger partial charge on any atom is 0.255 e. The predicted octanol–water partition coefficient (Wildman–Crippen LogP) is 3.39. The number of anilines is 2. The molecule has 1 heterocycles. The van der Waals surface area contributed by atoms with E-state index in [1.54, 1.807) is 30.9 Å². The Morgan fingerprint density at radius 2 is 1.85 bits per heavy atom. The van der Waals surface area contributed by atoms with Crippen LogP contribution in [0.2, 0.25) is 0 Å². The van der Waals surface area contributed by atoms with Gasteiger partial charge in [0.2, 0.25) is 11.9 Å². The summed E-state index contributed by atoms with van der Waals surface area (Å²) < 4.78 is 14.8. The predicted molar refractivity (Wildman–Crippen MR) is 105 cm³/mol. The Morgan fingerprint density at radius 3 is 2.44 bits per heavy atom. The van der Waals surface area contributed by atoms with Crippen molar-refractivity contribution in [2.45, 2.75) is 47.1 Å². The minimum Gasteiger partial charge on any atom is -0.341 e. The highest BCUT2D eigenvalue weighted by atomic mass is 19.1. The van der Waals surface area contributed by atoms with E-state index in [1.165, 1.54) is 16.7 Å². The van der Waals surface area contributed by atoms with E-state index in [1.807, 2.05) is 13.8 Å². The van der Waals surface area contributed by atoms with E-state index in [0.717, 1.165) is 12.8 Å². The van der Waals surface area contributed by atoms with Gasteiger partial charge in [-0.05, 0) is 50.5 Å². The maximum atomic E-state index is 13.5. The SMILES string of the molecule is CCCN(CCC)C(=O)Cn1c(Nc2ccc(F)c(C)c2)nc(C)cc1=O. The Balaban J connectivity index is 2.34. The van der Waals surface area contributed by atoms with Crippen LogP contribution in [0.4, 0.5) is 16.0 Å². The monoisotopic (exact) mass is 374 g/mol. The van der Waals surface area contributed by atoms with E-state index in [0.29, 0.717) is 30.0 Å². The van der Waals surface area contributed by atoms with Gasteiger partial charge < -0.3 is 10.2 Å². The average Bonchev–Trinajstić information content (AvgIpc) is 2.60. The Bertz CT molecular complexity index is 858. The van der Waals surface area contributed by atoms with Crippen LogP contribution in [0.5, 0.6) is 0 Å². The number of hydrogen-bond donors (Lipinski definition) is 1. The second-order valence-corrected chi connectivity index (χ2v) is 6.62. The molecule has 1 aromatic carbocycles. The highest BCUT2D eigenvalue weighted by molar-refractivity contribution is 5.76. The molecule has 0 unspecified atom stereocenters. The lowest BCUT2D eigenvalue weighted by atomic mass is 10.2. The smallest absolute Gasteiger partial charge is 0.255 e. The molecule has 1 N–H and O–H groups in total. The Kier molecular flexibility index (Phi) is 7.10. The Hall–Kier alpha value is -2.70. The van der Waals surface area contributed by atoms with E-state index < -0.39 is 0 Å². The standard InChI is InChI=1S/C20H27FN4O2/c1-5-9-24(10-6-2)19(27)13-25-18(26)12-15(4)22-20(25)23-16-7-8-17(21)14(3)11-16/h7-8,11-12H,5-6,9-10,13H2,1-4H3,(H,22,23). The number of carbonyl (C=O) groups excluding carboxylic acids is 1. The molecular weight excluding hydrogens is 347 g/mol. The molecule has 1 amide bonds. The molecule has 0 aliphatic rings. The van der Waals surface area contributed by atoms with E-state index >= 15 is 0 Å². The fourth-order valence-electron chi connectivity index (χ4n) is 2.86. The van der Waals surface area contributed by atoms with Crippen molar-refractivity contribution in [3.8, 4) is 0 Å². The second-order valence-electron chi connectivity index (χ2n) is 6.62. The van der Waals surface area contributed by atoms with Crippen molar-refractivity contribution in [3.05, 3.63) is 51.7 Å². The normalized spacial score (nSPS) is 10.7. The molecule has 2 rings (SSSR count). The van der Waals surface area contributed by atoms with Crippen LogP contribution in [0.25, 0.3) is 0 Å². The third kappa shape index (κ3) is 5.39. The summed E-state index contributed by atoms with van der Waals surface area (Å²) in [6.07, 6.45) is 1.71. The van der Waals surface area contributed by atoms with E-state index in [-0.39, 0.29) is 29.8 Å². The van der Waals surface area contributed by atoms with Gasteiger partial charge in [-0.3, -0.25) is 14.2 Å². The minimum atomic E-state index is -0.305. The van der Waals surface area contributed by atoms with E-state index in [2.05, 4.69) is 10.3 Å². The van der Waals surface area contributed by atoms with Crippen LogP contribution in [0.1, 0.15) is 37.9 Å². The molecule has 0 aliphatic heterocycles. The number of halogens is 1. The van der Waals surface area contributed by atoms with Gasteiger partial charge in [-0.25, -0.2) is 9.37 Å². The topological polar surface area (TPSA) is 67.2 Å². The van der Waals surface area contributed by atoms with Gasteiger partial charge in [0.05, 0.1) is 0 Å². The maximum absolute atomic E-state index is 13.5. The van der Waals surface area contributed by atoms with Crippen molar-refractivity contribution in [3.63, 3.8) is 0 Å². The largest absolute Gasteiger partial charge is 0.341 e. The van der Waals surface area contributed by atoms with Crippen molar-refractivity contribution in [1.29, 1.82) is 0 Å². The van der Waals surface area contributed by atoms with Crippen LogP contribution in [-0.4, -0.2) is 33.4 Å². The summed E-state index contributed by atoms with van der Waals surface area (Å²) in [5.74, 6) is -0.155. The molecule has 2 aromatic rings. The number of aromatic nitrogens is 2. The van der Waals surface area contributed by atoms with Crippen molar-refractivity contribution in [1.82, 2.24) is 14.5 Å². The molecule has 0 aliphatic carbocycles. The molecule has 0 saturated carbocycles. The number of rotatable bonds is 8. The van der Waals surface area contributed by atoms with Crippen molar-refractivity contribution in [2.75, 3.05) is 18.4 Å². The van der Waals surface area contributed by atoms with Crippen LogP contribution < -0.4 is 10.9 Å². The second kappa shape index (κ2) is 9.30. The zero-order chi connectivity index (χ0) is 20.0. The number of hydrogen-bond acceptors (Lipinski definition) is 4. The number of carbonyl (C=O) groups is 1. The summed E-state index contributed by atoms with van der Waals surface area (Å²) in [6.45, 7) is 8.62. The molecule has 1 aromatic heterocycles. The van der Waals surface area contributed by atoms with Gasteiger partial charge in [0.25, 0.3) is 5.56 Å². The van der Waals surface area contributed by atoms with Crippen LogP contribution >= 0.6 is 0 Å². The molecular formula is C20H27FN4O2. The number of amides is 1. The molecule has 0 saturated heterocycles. The first-order valence-corrected chi connectivity index (χ1v) is 9.25. The van der Waals surface area contributed by atoms with E-state index in [9.17, 15) is 14.0 Å². The lowest BCUT2D eigenvalue weighted by Gasteiger charge is -2.23. The van der Waals surface area contributed by atoms with Crippen LogP contribution in [0.15, 0.2) is 29.1 Å². The van der Waals surface area contributed by atoms with Crippen LogP contribution in [0.3, 0.4) is 0 Å². The first-order chi connectivity index (χ1) is 12.8. The molecule has 146 valence electrons. The summed E-state index contributed by atoms with van der Waals surface area (Å²) >= 11 is 0. The molecule has 7 heteroatoms. The van der Waals surface area contributed by atoms with Crippen molar-refractivity contribution >= 4 is 17.5 Å². The van der Waals surface area contributed by atoms with Gasteiger partial charge in [0, 0.05) is 30.5 Å². The van der Waals surface area contributed by atoms with Crippen LogP contribution in [-0.2, 0) is 11.3 Å². The Morgan fingerprint density at radius 1 is 1.19 bits per heavy atom. The summed E-state index contributed by atoms with van der Waals surface area (Å²) in [6, 6.07) is 5.96. The zero-order valence-electron chi connectivity index (χ0n) is 16.4. The van der Waals surface area contributed by atoms with Crippen molar-refractivity contribution in [2.24, 2.45) is 0 Å². The highest BCUT2D eigenvalue weighted by Gasteiger charge is 2.16. The quantitative estimate of drug-likeness (QED) is 0.769. The van der Waals surface area contributed by atoms with Gasteiger partial charge in [0.1, 0.15) is 12.4 Å². The van der Waals surface area contributed by atoms with Gasteiger partial charge in [-0.1, -0.05) is 13.8 Å². The summed E-state index contributed by atoms with van der Waals surface area (Å²) in [7, 11) is 0. The molecule has 0 fully saturated rings. The third-order valence-electron chi connectivity index (χ3n) is 4.18. The number of benzene rings is 1. The fraction of sp³-hybridized carbons (Fsp3) is 0.450. The minimum absolute atomic E-state index is 0.0887. The van der Waals surface area contributed by atoms with Gasteiger partial charge in [0.15, 0.2) is 0 Å². The third-order valence-corrected chi connectivity index (χ3v) is 4.18. The number of nitrogens with zero attached hydrogens (tertiary/aromatic N) is 3. The van der Waals surface area contributed by atoms with Crippen molar-refractivity contribution < 1.29 is 9.18 Å². The highest BCUT2D eigenvalue weighted by Crippen LogP contribution is 2.18. The van der Waals surface area contributed by atoms with E-state index in [4.69, 9.17) is 0 Å². The molecule has 6 nitrogen and oxygen atoms in total. The van der Waals surface area contributed by atoms with Gasteiger partial charge in [-0.15, -0.1) is 0 Å². The number of nitrogens with one attached hydrogen (secondary N) is 1. The molecule has 27 heavy (non-hydrogen) atoms. The van der Waals surface area contributed by atoms with Gasteiger partial charge >= 0.3 is 0 Å². The number of aryl methyl sites for hydroxylation is 2. The lowest BCUT2D eigenvalue weighted by Crippen LogP contribution is -2.38.